The molecule has 2 rings (SSSR count). The van der Waals surface area contributed by atoms with Crippen LogP contribution in [-0.4, -0.2) is 34.2 Å². The highest BCUT2D eigenvalue weighted by Crippen LogP contribution is 2.34. The number of benzene rings is 1. The number of methoxy groups -OCH3 is 1. The van der Waals surface area contributed by atoms with E-state index in [4.69, 9.17) is 12.2 Å². The fourth-order valence-electron chi connectivity index (χ4n) is 1.84. The van der Waals surface area contributed by atoms with Crippen LogP contribution in [0.1, 0.15) is 12.5 Å². The Balaban J connectivity index is 2.28. The van der Waals surface area contributed by atoms with Crippen molar-refractivity contribution >= 4 is 62.2 Å². The molecule has 0 aliphatic carbocycles. The van der Waals surface area contributed by atoms with Gasteiger partial charge in [0.1, 0.15) is 10.4 Å². The predicted octanol–water partition coefficient (Wildman–Crippen LogP) is 3.21. The summed E-state index contributed by atoms with van der Waals surface area (Å²) in [6, 6.07) is 6.85. The third-order valence-corrected chi connectivity index (χ3v) is 4.72. The molecule has 1 aliphatic heterocycles. The first-order chi connectivity index (χ1) is 9.93. The fourth-order valence-corrected chi connectivity index (χ4v) is 3.67. The van der Waals surface area contributed by atoms with Gasteiger partial charge in [-0.25, -0.2) is 4.79 Å². The third-order valence-electron chi connectivity index (χ3n) is 2.90. The molecule has 0 bridgehead atoms. The number of ether oxygens (including phenoxy) is 1. The van der Waals surface area contributed by atoms with Gasteiger partial charge in [-0.1, -0.05) is 52.0 Å². The summed E-state index contributed by atoms with van der Waals surface area (Å²) >= 11 is 9.76. The number of rotatable bonds is 3. The Bertz CT molecular complexity index is 645. The molecule has 1 aromatic carbocycles. The van der Waals surface area contributed by atoms with Crippen LogP contribution in [0.15, 0.2) is 33.6 Å². The predicted molar refractivity (Wildman–Crippen MR) is 90.6 cm³/mol. The van der Waals surface area contributed by atoms with Crippen molar-refractivity contribution in [2.75, 3.05) is 7.11 Å². The van der Waals surface area contributed by atoms with Gasteiger partial charge in [0.25, 0.3) is 5.91 Å². The number of thiocarbonyl (C=S) groups is 1. The highest BCUT2D eigenvalue weighted by Gasteiger charge is 2.38. The van der Waals surface area contributed by atoms with Crippen molar-refractivity contribution < 1.29 is 14.3 Å². The number of halogens is 1. The van der Waals surface area contributed by atoms with Gasteiger partial charge in [-0.2, -0.15) is 0 Å². The lowest BCUT2D eigenvalue weighted by Gasteiger charge is -2.20. The van der Waals surface area contributed by atoms with Crippen LogP contribution in [0.3, 0.4) is 0 Å². The summed E-state index contributed by atoms with van der Waals surface area (Å²) in [6.45, 7) is 1.60. The summed E-state index contributed by atoms with van der Waals surface area (Å²) < 4.78 is 5.95. The summed E-state index contributed by atoms with van der Waals surface area (Å²) in [6.07, 6.45) is 1.76. The first-order valence-electron chi connectivity index (χ1n) is 6.04. The molecule has 1 amide bonds. The zero-order valence-corrected chi connectivity index (χ0v) is 14.5. The second-order valence-corrected chi connectivity index (χ2v) is 6.90. The molecule has 110 valence electrons. The molecule has 1 unspecified atom stereocenters. The Morgan fingerprint density at radius 3 is 2.86 bits per heavy atom. The number of esters is 1. The summed E-state index contributed by atoms with van der Waals surface area (Å²) in [7, 11) is 1.29. The molecule has 1 heterocycles. The number of thioether (sulfide) groups is 1. The van der Waals surface area contributed by atoms with Crippen molar-refractivity contribution in [3.8, 4) is 0 Å². The summed E-state index contributed by atoms with van der Waals surface area (Å²) in [5.74, 6) is -0.766. The van der Waals surface area contributed by atoms with Gasteiger partial charge in [-0.15, -0.1) is 0 Å². The first kappa shape index (κ1) is 16.2. The number of amides is 1. The Hall–Kier alpha value is -1.18. The molecule has 7 heteroatoms. The molecule has 0 spiro atoms. The Morgan fingerprint density at radius 1 is 1.52 bits per heavy atom. The average molecular weight is 386 g/mol. The lowest BCUT2D eigenvalue weighted by Crippen LogP contribution is -2.42. The summed E-state index contributed by atoms with van der Waals surface area (Å²) in [5, 5.41) is 0. The minimum atomic E-state index is -0.726. The van der Waals surface area contributed by atoms with Crippen LogP contribution in [0.2, 0.25) is 0 Å². The van der Waals surface area contributed by atoms with Gasteiger partial charge >= 0.3 is 5.97 Å². The van der Waals surface area contributed by atoms with Crippen LogP contribution in [0, 0.1) is 0 Å². The lowest BCUT2D eigenvalue weighted by molar-refractivity contribution is -0.147. The molecule has 1 saturated heterocycles. The summed E-state index contributed by atoms with van der Waals surface area (Å²) in [5.41, 5.74) is 0.885. The van der Waals surface area contributed by atoms with E-state index in [0.29, 0.717) is 9.23 Å². The van der Waals surface area contributed by atoms with Crippen molar-refractivity contribution in [2.45, 2.75) is 13.0 Å². The van der Waals surface area contributed by atoms with Crippen LogP contribution >= 0.6 is 39.9 Å². The standard InChI is InChI=1S/C14H12BrNO3S2/c1-8(13(18)19-2)16-12(17)11(21-14(16)20)7-9-4-3-5-10(15)6-9/h3-8H,1-2H3. The van der Waals surface area contributed by atoms with Crippen LogP contribution in [0.25, 0.3) is 6.08 Å². The fraction of sp³-hybridized carbons (Fsp3) is 0.214. The van der Waals surface area contributed by atoms with E-state index in [9.17, 15) is 9.59 Å². The van der Waals surface area contributed by atoms with E-state index in [1.807, 2.05) is 24.3 Å². The number of hydrogen-bond acceptors (Lipinski definition) is 5. The number of nitrogens with zero attached hydrogens (tertiary/aromatic N) is 1. The van der Waals surface area contributed by atoms with E-state index in [1.165, 1.54) is 23.8 Å². The van der Waals surface area contributed by atoms with Crippen LogP contribution in [-0.2, 0) is 14.3 Å². The molecule has 1 atom stereocenters. The number of hydrogen-bond donors (Lipinski definition) is 0. The van der Waals surface area contributed by atoms with E-state index in [0.717, 1.165) is 10.0 Å². The van der Waals surface area contributed by atoms with E-state index in [2.05, 4.69) is 20.7 Å². The highest BCUT2D eigenvalue weighted by molar-refractivity contribution is 9.10. The maximum atomic E-state index is 12.4. The quantitative estimate of drug-likeness (QED) is 0.454. The molecule has 1 aliphatic rings. The maximum Gasteiger partial charge on any atom is 0.328 e. The smallest absolute Gasteiger partial charge is 0.328 e. The Kier molecular flexibility index (Phi) is 5.18. The lowest BCUT2D eigenvalue weighted by atomic mass is 10.2. The zero-order valence-electron chi connectivity index (χ0n) is 11.3. The number of carbonyl (C=O) groups excluding carboxylic acids is 2. The third kappa shape index (κ3) is 3.53. The highest BCUT2D eigenvalue weighted by atomic mass is 79.9. The van der Waals surface area contributed by atoms with Gasteiger partial charge in [0.15, 0.2) is 0 Å². The van der Waals surface area contributed by atoms with Crippen LogP contribution in [0.5, 0.6) is 0 Å². The molecule has 0 saturated carbocycles. The maximum absolute atomic E-state index is 12.4. The van der Waals surface area contributed by atoms with Crippen molar-refractivity contribution in [1.82, 2.24) is 4.90 Å². The molecule has 21 heavy (non-hydrogen) atoms. The number of carbonyl (C=O) groups is 2. The van der Waals surface area contributed by atoms with Gasteiger partial charge in [-0.3, -0.25) is 9.69 Å². The van der Waals surface area contributed by atoms with Gasteiger partial charge in [0, 0.05) is 4.47 Å². The molecule has 0 aromatic heterocycles. The van der Waals surface area contributed by atoms with Crippen molar-refractivity contribution in [1.29, 1.82) is 0 Å². The van der Waals surface area contributed by atoms with Gasteiger partial charge in [0.2, 0.25) is 0 Å². The van der Waals surface area contributed by atoms with Crippen LogP contribution < -0.4 is 0 Å². The monoisotopic (exact) mass is 385 g/mol. The van der Waals surface area contributed by atoms with Crippen molar-refractivity contribution in [2.24, 2.45) is 0 Å². The molecule has 1 aromatic rings. The Labute approximate surface area is 140 Å². The van der Waals surface area contributed by atoms with Crippen molar-refractivity contribution in [3.05, 3.63) is 39.2 Å². The second kappa shape index (κ2) is 6.72. The topological polar surface area (TPSA) is 46.6 Å². The molecule has 4 nitrogen and oxygen atoms in total. The molecular formula is C14H12BrNO3S2. The minimum absolute atomic E-state index is 0.275. The minimum Gasteiger partial charge on any atom is -0.467 e. The van der Waals surface area contributed by atoms with E-state index in [1.54, 1.807) is 13.0 Å². The molecule has 0 N–H and O–H groups in total. The first-order valence-corrected chi connectivity index (χ1v) is 8.06. The molecule has 1 fully saturated rings. The van der Waals surface area contributed by atoms with E-state index in [-0.39, 0.29) is 5.91 Å². The zero-order chi connectivity index (χ0) is 15.6. The normalized spacial score (nSPS) is 18.2. The van der Waals surface area contributed by atoms with E-state index < -0.39 is 12.0 Å². The average Bonchev–Trinajstić information content (AvgIpc) is 2.72. The van der Waals surface area contributed by atoms with Crippen LogP contribution in [0.4, 0.5) is 0 Å². The van der Waals surface area contributed by atoms with Gasteiger partial charge < -0.3 is 4.74 Å². The van der Waals surface area contributed by atoms with Gasteiger partial charge in [-0.05, 0) is 30.7 Å². The summed E-state index contributed by atoms with van der Waals surface area (Å²) in [4.78, 5) is 25.8. The van der Waals surface area contributed by atoms with E-state index >= 15 is 0 Å². The molecular weight excluding hydrogens is 374 g/mol. The Morgan fingerprint density at radius 2 is 2.24 bits per heavy atom. The van der Waals surface area contributed by atoms with Gasteiger partial charge in [0.05, 0.1) is 12.0 Å². The largest absolute Gasteiger partial charge is 0.467 e. The molecule has 0 radical (unpaired) electrons. The van der Waals surface area contributed by atoms with Crippen molar-refractivity contribution in [3.63, 3.8) is 0 Å². The SMILES string of the molecule is COC(=O)C(C)N1C(=O)C(=Cc2cccc(Br)c2)SC1=S. The second-order valence-electron chi connectivity index (χ2n) is 4.31.